The minimum absolute atomic E-state index is 0.480. The number of aryl methyl sites for hydroxylation is 1. The highest BCUT2D eigenvalue weighted by Gasteiger charge is 2.20. The second-order valence-electron chi connectivity index (χ2n) is 4.57. The summed E-state index contributed by atoms with van der Waals surface area (Å²) in [6, 6.07) is 2.70. The van der Waals surface area contributed by atoms with Gasteiger partial charge in [0.15, 0.2) is 0 Å². The predicted octanol–water partition coefficient (Wildman–Crippen LogP) is 1.47. The first kappa shape index (κ1) is 11.6. The molecule has 90 valence electrons. The summed E-state index contributed by atoms with van der Waals surface area (Å²) in [5, 5.41) is 7.92. The fraction of sp³-hybridized carbons (Fsp3) is 0.750. The molecule has 4 heteroatoms. The highest BCUT2D eigenvalue weighted by atomic mass is 16.5. The molecule has 0 aliphatic heterocycles. The maximum absolute atomic E-state index is 5.36. The Labute approximate surface area is 97.0 Å². The molecule has 0 amide bonds. The molecule has 0 spiro atoms. The Bertz CT molecular complexity index is 316. The lowest BCUT2D eigenvalue weighted by Crippen LogP contribution is -2.34. The van der Waals surface area contributed by atoms with Gasteiger partial charge in [0.05, 0.1) is 11.8 Å². The van der Waals surface area contributed by atoms with Gasteiger partial charge >= 0.3 is 0 Å². The van der Waals surface area contributed by atoms with Gasteiger partial charge in [-0.15, -0.1) is 0 Å². The zero-order valence-electron chi connectivity index (χ0n) is 10.1. The van der Waals surface area contributed by atoms with Gasteiger partial charge in [-0.1, -0.05) is 0 Å². The SMILES string of the molecule is COC1CCC(NCc2ccn(C)n2)CC1. The van der Waals surface area contributed by atoms with Crippen molar-refractivity contribution < 1.29 is 4.74 Å². The molecule has 16 heavy (non-hydrogen) atoms. The van der Waals surface area contributed by atoms with Crippen molar-refractivity contribution in [1.29, 1.82) is 0 Å². The largest absolute Gasteiger partial charge is 0.381 e. The molecular formula is C12H21N3O. The lowest BCUT2D eigenvalue weighted by molar-refractivity contribution is 0.0623. The van der Waals surface area contributed by atoms with Gasteiger partial charge in [-0.25, -0.2) is 0 Å². The predicted molar refractivity (Wildman–Crippen MR) is 63.1 cm³/mol. The van der Waals surface area contributed by atoms with Crippen LogP contribution in [-0.2, 0) is 18.3 Å². The number of methoxy groups -OCH3 is 1. The van der Waals surface area contributed by atoms with E-state index in [1.54, 1.807) is 0 Å². The van der Waals surface area contributed by atoms with Crippen LogP contribution in [0.2, 0.25) is 0 Å². The Hall–Kier alpha value is -0.870. The summed E-state index contributed by atoms with van der Waals surface area (Å²) >= 11 is 0. The molecule has 1 fully saturated rings. The van der Waals surface area contributed by atoms with Crippen LogP contribution in [0, 0.1) is 0 Å². The van der Waals surface area contributed by atoms with Gasteiger partial charge in [-0.3, -0.25) is 4.68 Å². The summed E-state index contributed by atoms with van der Waals surface area (Å²) in [6.07, 6.45) is 7.25. The first-order valence-electron chi connectivity index (χ1n) is 6.02. The molecule has 0 atom stereocenters. The van der Waals surface area contributed by atoms with E-state index in [0.29, 0.717) is 12.1 Å². The van der Waals surface area contributed by atoms with Crippen LogP contribution < -0.4 is 5.32 Å². The summed E-state index contributed by atoms with van der Waals surface area (Å²) in [7, 11) is 3.76. The quantitative estimate of drug-likeness (QED) is 0.840. The van der Waals surface area contributed by atoms with Crippen molar-refractivity contribution in [1.82, 2.24) is 15.1 Å². The topological polar surface area (TPSA) is 39.1 Å². The first-order chi connectivity index (χ1) is 7.78. The zero-order chi connectivity index (χ0) is 11.4. The normalized spacial score (nSPS) is 25.9. The number of nitrogens with one attached hydrogen (secondary N) is 1. The van der Waals surface area contributed by atoms with Crippen LogP contribution >= 0.6 is 0 Å². The molecule has 1 aliphatic carbocycles. The molecular weight excluding hydrogens is 202 g/mol. The Morgan fingerprint density at radius 1 is 1.44 bits per heavy atom. The molecule has 1 aliphatic rings. The number of hydrogen-bond donors (Lipinski definition) is 1. The van der Waals surface area contributed by atoms with Crippen molar-refractivity contribution in [3.8, 4) is 0 Å². The molecule has 1 aromatic heterocycles. The smallest absolute Gasteiger partial charge is 0.0762 e. The molecule has 0 radical (unpaired) electrons. The van der Waals surface area contributed by atoms with Crippen molar-refractivity contribution >= 4 is 0 Å². The number of rotatable bonds is 4. The van der Waals surface area contributed by atoms with E-state index in [1.165, 1.54) is 25.7 Å². The van der Waals surface area contributed by atoms with Gasteiger partial charge in [-0.2, -0.15) is 5.10 Å². The van der Waals surface area contributed by atoms with Gasteiger partial charge in [0.1, 0.15) is 0 Å². The molecule has 2 rings (SSSR count). The van der Waals surface area contributed by atoms with Gasteiger partial charge in [0.25, 0.3) is 0 Å². The first-order valence-corrected chi connectivity index (χ1v) is 6.02. The van der Waals surface area contributed by atoms with Crippen LogP contribution in [0.1, 0.15) is 31.4 Å². The standard InChI is InChI=1S/C12H21N3O/c1-15-8-7-11(14-15)9-13-10-3-5-12(16-2)6-4-10/h7-8,10,12-13H,3-6,9H2,1-2H3. The van der Waals surface area contributed by atoms with E-state index in [1.807, 2.05) is 25.0 Å². The van der Waals surface area contributed by atoms with Crippen molar-refractivity contribution in [3.05, 3.63) is 18.0 Å². The average Bonchev–Trinajstić information content (AvgIpc) is 2.73. The Morgan fingerprint density at radius 3 is 2.75 bits per heavy atom. The minimum Gasteiger partial charge on any atom is -0.381 e. The van der Waals surface area contributed by atoms with Crippen LogP contribution in [-0.4, -0.2) is 29.0 Å². The van der Waals surface area contributed by atoms with Crippen molar-refractivity contribution in [2.24, 2.45) is 7.05 Å². The Balaban J connectivity index is 1.71. The van der Waals surface area contributed by atoms with Crippen molar-refractivity contribution in [2.45, 2.75) is 44.4 Å². The maximum Gasteiger partial charge on any atom is 0.0762 e. The fourth-order valence-electron chi connectivity index (χ4n) is 2.31. The molecule has 1 N–H and O–H groups in total. The zero-order valence-corrected chi connectivity index (χ0v) is 10.1. The van der Waals surface area contributed by atoms with E-state index >= 15 is 0 Å². The van der Waals surface area contributed by atoms with E-state index in [2.05, 4.69) is 16.5 Å². The summed E-state index contributed by atoms with van der Waals surface area (Å²) in [5.41, 5.74) is 1.12. The number of ether oxygens (including phenoxy) is 1. The lowest BCUT2D eigenvalue weighted by Gasteiger charge is -2.28. The van der Waals surface area contributed by atoms with E-state index in [4.69, 9.17) is 4.74 Å². The van der Waals surface area contributed by atoms with Gasteiger partial charge in [0, 0.05) is 32.9 Å². The summed E-state index contributed by atoms with van der Waals surface area (Å²) < 4.78 is 7.21. The van der Waals surface area contributed by atoms with Crippen LogP contribution in [0.4, 0.5) is 0 Å². The number of hydrogen-bond acceptors (Lipinski definition) is 3. The molecule has 0 saturated heterocycles. The molecule has 1 aromatic rings. The van der Waals surface area contributed by atoms with Crippen LogP contribution in [0.5, 0.6) is 0 Å². The van der Waals surface area contributed by atoms with Crippen LogP contribution in [0.3, 0.4) is 0 Å². The molecule has 0 unspecified atom stereocenters. The number of aromatic nitrogens is 2. The summed E-state index contributed by atoms with van der Waals surface area (Å²) in [6.45, 7) is 0.878. The summed E-state index contributed by atoms with van der Waals surface area (Å²) in [5.74, 6) is 0. The van der Waals surface area contributed by atoms with Crippen molar-refractivity contribution in [3.63, 3.8) is 0 Å². The van der Waals surface area contributed by atoms with Crippen LogP contribution in [0.15, 0.2) is 12.3 Å². The van der Waals surface area contributed by atoms with Gasteiger partial charge in [-0.05, 0) is 31.7 Å². The Kier molecular flexibility index (Phi) is 3.96. The third-order valence-electron chi connectivity index (χ3n) is 3.35. The maximum atomic E-state index is 5.36. The lowest BCUT2D eigenvalue weighted by atomic mass is 9.93. The van der Waals surface area contributed by atoms with E-state index in [0.717, 1.165) is 12.2 Å². The highest BCUT2D eigenvalue weighted by molar-refractivity contribution is 4.98. The molecule has 0 bridgehead atoms. The highest BCUT2D eigenvalue weighted by Crippen LogP contribution is 2.20. The van der Waals surface area contributed by atoms with Crippen LogP contribution in [0.25, 0.3) is 0 Å². The van der Waals surface area contributed by atoms with Crippen molar-refractivity contribution in [2.75, 3.05) is 7.11 Å². The third kappa shape index (κ3) is 3.06. The van der Waals surface area contributed by atoms with E-state index in [-0.39, 0.29) is 0 Å². The minimum atomic E-state index is 0.480. The van der Waals surface area contributed by atoms with Gasteiger partial charge < -0.3 is 10.1 Å². The molecule has 4 nitrogen and oxygen atoms in total. The second kappa shape index (κ2) is 5.46. The summed E-state index contributed by atoms with van der Waals surface area (Å²) in [4.78, 5) is 0. The molecule has 0 aromatic carbocycles. The fourth-order valence-corrected chi connectivity index (χ4v) is 2.31. The average molecular weight is 223 g/mol. The third-order valence-corrected chi connectivity index (χ3v) is 3.35. The monoisotopic (exact) mass is 223 g/mol. The molecule has 1 heterocycles. The number of nitrogens with zero attached hydrogens (tertiary/aromatic N) is 2. The van der Waals surface area contributed by atoms with Gasteiger partial charge in [0.2, 0.25) is 0 Å². The van der Waals surface area contributed by atoms with E-state index in [9.17, 15) is 0 Å². The Morgan fingerprint density at radius 2 is 2.19 bits per heavy atom. The van der Waals surface area contributed by atoms with E-state index < -0.39 is 0 Å². The molecule has 1 saturated carbocycles. The second-order valence-corrected chi connectivity index (χ2v) is 4.57.